The number of halogens is 2. The molecule has 1 aliphatic carbocycles. The van der Waals surface area contributed by atoms with Gasteiger partial charge in [-0.15, -0.1) is 0 Å². The van der Waals surface area contributed by atoms with Gasteiger partial charge in [0.15, 0.2) is 0 Å². The zero-order valence-electron chi connectivity index (χ0n) is 9.75. The molecule has 2 rings (SSSR count). The highest BCUT2D eigenvalue weighted by molar-refractivity contribution is 6.30. The lowest BCUT2D eigenvalue weighted by atomic mass is 9.74. The van der Waals surface area contributed by atoms with Crippen molar-refractivity contribution >= 4 is 11.6 Å². The number of benzene rings is 1. The van der Waals surface area contributed by atoms with Gasteiger partial charge in [0.05, 0.1) is 16.7 Å². The van der Waals surface area contributed by atoms with Gasteiger partial charge in [0.25, 0.3) is 0 Å². The van der Waals surface area contributed by atoms with E-state index in [1.807, 2.05) is 0 Å². The van der Waals surface area contributed by atoms with Crippen LogP contribution in [0.3, 0.4) is 0 Å². The van der Waals surface area contributed by atoms with Crippen molar-refractivity contribution in [2.45, 2.75) is 37.4 Å². The molecule has 0 spiro atoms. The molecule has 1 unspecified atom stereocenters. The van der Waals surface area contributed by atoms with Crippen LogP contribution in [0.4, 0.5) is 4.39 Å². The predicted octanol–water partition coefficient (Wildman–Crippen LogP) is 2.95. The van der Waals surface area contributed by atoms with Gasteiger partial charge in [-0.25, -0.2) is 4.39 Å². The molecule has 4 heteroatoms. The Morgan fingerprint density at radius 1 is 1.53 bits per heavy atom. The average molecular weight is 259 g/mol. The highest BCUT2D eigenvalue weighted by Crippen LogP contribution is 2.39. The standard InChI is InChI=1S/C13H16ClFO2/c1-17-13(6-3-7-13)11(16)8-9-4-2-5-10(14)12(9)15/h2,4-5,11,16H,3,6-8H2,1H3. The van der Waals surface area contributed by atoms with Crippen molar-refractivity contribution in [3.05, 3.63) is 34.6 Å². The number of hydrogen-bond acceptors (Lipinski definition) is 2. The van der Waals surface area contributed by atoms with Gasteiger partial charge >= 0.3 is 0 Å². The molecule has 0 heterocycles. The van der Waals surface area contributed by atoms with E-state index >= 15 is 0 Å². The number of aliphatic hydroxyl groups excluding tert-OH is 1. The van der Waals surface area contributed by atoms with E-state index in [1.165, 1.54) is 6.07 Å². The molecule has 1 atom stereocenters. The molecular formula is C13H16ClFO2. The lowest BCUT2D eigenvalue weighted by Gasteiger charge is -2.44. The van der Waals surface area contributed by atoms with E-state index < -0.39 is 17.5 Å². The number of aliphatic hydroxyl groups is 1. The smallest absolute Gasteiger partial charge is 0.145 e. The van der Waals surface area contributed by atoms with Crippen molar-refractivity contribution in [1.82, 2.24) is 0 Å². The van der Waals surface area contributed by atoms with Crippen LogP contribution >= 0.6 is 11.6 Å². The molecule has 0 amide bonds. The van der Waals surface area contributed by atoms with E-state index in [4.69, 9.17) is 16.3 Å². The van der Waals surface area contributed by atoms with Crippen molar-refractivity contribution in [2.24, 2.45) is 0 Å². The second-order valence-corrected chi connectivity index (χ2v) is 4.96. The molecule has 94 valence electrons. The quantitative estimate of drug-likeness (QED) is 0.900. The van der Waals surface area contributed by atoms with Crippen molar-refractivity contribution in [2.75, 3.05) is 7.11 Å². The second-order valence-electron chi connectivity index (χ2n) is 4.56. The summed E-state index contributed by atoms with van der Waals surface area (Å²) in [5, 5.41) is 10.2. The summed E-state index contributed by atoms with van der Waals surface area (Å²) in [5.74, 6) is -0.446. The Bertz CT molecular complexity index is 399. The Kier molecular flexibility index (Phi) is 3.71. The first-order valence-corrected chi connectivity index (χ1v) is 6.13. The van der Waals surface area contributed by atoms with Gasteiger partial charge in [0, 0.05) is 13.5 Å². The lowest BCUT2D eigenvalue weighted by Crippen LogP contribution is -2.50. The normalized spacial score (nSPS) is 19.8. The number of methoxy groups -OCH3 is 1. The molecule has 0 aliphatic heterocycles. The minimum atomic E-state index is -0.686. The van der Waals surface area contributed by atoms with Crippen LogP contribution in [0.1, 0.15) is 24.8 Å². The zero-order chi connectivity index (χ0) is 12.5. The van der Waals surface area contributed by atoms with E-state index in [0.29, 0.717) is 5.56 Å². The van der Waals surface area contributed by atoms with Crippen molar-refractivity contribution in [3.63, 3.8) is 0 Å². The molecule has 1 saturated carbocycles. The first-order valence-electron chi connectivity index (χ1n) is 5.75. The largest absolute Gasteiger partial charge is 0.390 e. The third kappa shape index (κ3) is 2.32. The zero-order valence-corrected chi connectivity index (χ0v) is 10.5. The topological polar surface area (TPSA) is 29.5 Å². The lowest BCUT2D eigenvalue weighted by molar-refractivity contribution is -0.148. The molecule has 0 aromatic heterocycles. The summed E-state index contributed by atoms with van der Waals surface area (Å²) < 4.78 is 19.1. The molecule has 1 aliphatic rings. The molecule has 17 heavy (non-hydrogen) atoms. The van der Waals surface area contributed by atoms with Crippen LogP contribution in [-0.2, 0) is 11.2 Å². The molecule has 2 nitrogen and oxygen atoms in total. The van der Waals surface area contributed by atoms with Crippen molar-refractivity contribution < 1.29 is 14.2 Å². The summed E-state index contributed by atoms with van der Waals surface area (Å²) in [6, 6.07) is 4.84. The van der Waals surface area contributed by atoms with Crippen LogP contribution in [0.5, 0.6) is 0 Å². The van der Waals surface area contributed by atoms with E-state index in [2.05, 4.69) is 0 Å². The van der Waals surface area contributed by atoms with E-state index in [1.54, 1.807) is 19.2 Å². The summed E-state index contributed by atoms with van der Waals surface area (Å²) in [7, 11) is 1.59. The van der Waals surface area contributed by atoms with Crippen LogP contribution in [0.2, 0.25) is 5.02 Å². The van der Waals surface area contributed by atoms with Crippen LogP contribution in [-0.4, -0.2) is 23.9 Å². The van der Waals surface area contributed by atoms with Gasteiger partial charge in [0.1, 0.15) is 5.82 Å². The molecule has 1 N–H and O–H groups in total. The Morgan fingerprint density at radius 3 is 2.76 bits per heavy atom. The van der Waals surface area contributed by atoms with Gasteiger partial charge in [-0.2, -0.15) is 0 Å². The van der Waals surface area contributed by atoms with E-state index in [-0.39, 0.29) is 11.4 Å². The Morgan fingerprint density at radius 2 is 2.24 bits per heavy atom. The first-order chi connectivity index (χ1) is 8.09. The fraction of sp³-hybridized carbons (Fsp3) is 0.538. The molecule has 1 aromatic carbocycles. The molecule has 0 bridgehead atoms. The van der Waals surface area contributed by atoms with Crippen LogP contribution in [0.25, 0.3) is 0 Å². The minimum Gasteiger partial charge on any atom is -0.390 e. The highest BCUT2D eigenvalue weighted by atomic mass is 35.5. The van der Waals surface area contributed by atoms with Crippen LogP contribution in [0.15, 0.2) is 18.2 Å². The SMILES string of the molecule is COC1(C(O)Cc2cccc(Cl)c2F)CCC1. The third-order valence-corrected chi connectivity index (χ3v) is 3.95. The average Bonchev–Trinajstić information content (AvgIpc) is 2.24. The van der Waals surface area contributed by atoms with E-state index in [9.17, 15) is 9.50 Å². The van der Waals surface area contributed by atoms with Gasteiger partial charge in [-0.05, 0) is 30.9 Å². The predicted molar refractivity (Wildman–Crippen MR) is 64.7 cm³/mol. The molecule has 0 radical (unpaired) electrons. The Balaban J connectivity index is 2.13. The monoisotopic (exact) mass is 258 g/mol. The summed E-state index contributed by atoms with van der Waals surface area (Å²) in [6.45, 7) is 0. The third-order valence-electron chi connectivity index (χ3n) is 3.66. The Labute approximate surface area is 105 Å². The number of rotatable bonds is 4. The summed E-state index contributed by atoms with van der Waals surface area (Å²) in [4.78, 5) is 0. The number of hydrogen-bond donors (Lipinski definition) is 1. The fourth-order valence-corrected chi connectivity index (χ4v) is 2.49. The molecule has 0 saturated heterocycles. The summed E-state index contributed by atoms with van der Waals surface area (Å²) in [6.07, 6.45) is 2.25. The fourth-order valence-electron chi connectivity index (χ4n) is 2.30. The van der Waals surface area contributed by atoms with Crippen LogP contribution < -0.4 is 0 Å². The summed E-state index contributed by atoms with van der Waals surface area (Å²) >= 11 is 5.71. The second kappa shape index (κ2) is 4.92. The first kappa shape index (κ1) is 12.8. The maximum atomic E-state index is 13.7. The minimum absolute atomic E-state index is 0.0924. The van der Waals surface area contributed by atoms with E-state index in [0.717, 1.165) is 19.3 Å². The van der Waals surface area contributed by atoms with Gasteiger partial charge in [0.2, 0.25) is 0 Å². The highest BCUT2D eigenvalue weighted by Gasteiger charge is 2.43. The van der Waals surface area contributed by atoms with Gasteiger partial charge in [-0.3, -0.25) is 0 Å². The molecular weight excluding hydrogens is 243 g/mol. The Hall–Kier alpha value is -0.640. The van der Waals surface area contributed by atoms with Gasteiger partial charge in [-0.1, -0.05) is 23.7 Å². The maximum absolute atomic E-state index is 13.7. The summed E-state index contributed by atoms with van der Waals surface area (Å²) in [5.41, 5.74) is -0.0530. The number of ether oxygens (including phenoxy) is 1. The van der Waals surface area contributed by atoms with Crippen molar-refractivity contribution in [1.29, 1.82) is 0 Å². The molecule has 1 fully saturated rings. The van der Waals surface area contributed by atoms with Crippen molar-refractivity contribution in [3.8, 4) is 0 Å². The van der Waals surface area contributed by atoms with Crippen LogP contribution in [0, 0.1) is 5.82 Å². The van der Waals surface area contributed by atoms with Gasteiger partial charge < -0.3 is 9.84 Å². The maximum Gasteiger partial charge on any atom is 0.145 e. The molecule has 1 aromatic rings.